The molecule has 1 saturated heterocycles. The molecular weight excluding hydrogens is 306 g/mol. The molecule has 1 aromatic carbocycles. The van der Waals surface area contributed by atoms with Crippen LogP contribution >= 0.6 is 15.9 Å². The van der Waals surface area contributed by atoms with Gasteiger partial charge in [0.1, 0.15) is 5.84 Å². The summed E-state index contributed by atoms with van der Waals surface area (Å²) in [6.07, 6.45) is 1.71. The molecule has 4 nitrogen and oxygen atoms in total. The number of hydrogen-bond donors (Lipinski definition) is 3. The minimum Gasteiger partial charge on any atom is -0.393 e. The van der Waals surface area contributed by atoms with E-state index < -0.39 is 0 Å². The van der Waals surface area contributed by atoms with Gasteiger partial charge >= 0.3 is 0 Å². The smallest absolute Gasteiger partial charge is 0.124 e. The maximum Gasteiger partial charge on any atom is 0.124 e. The van der Waals surface area contributed by atoms with Crippen LogP contribution in [0.15, 0.2) is 22.7 Å². The molecule has 4 N–H and O–H groups in total. The van der Waals surface area contributed by atoms with Gasteiger partial charge in [-0.1, -0.05) is 15.9 Å². The molecule has 104 valence electrons. The van der Waals surface area contributed by atoms with E-state index in [2.05, 4.69) is 20.8 Å². The number of amidine groups is 1. The number of nitrogens with zero attached hydrogens (tertiary/aromatic N) is 1. The second kappa shape index (κ2) is 5.92. The van der Waals surface area contributed by atoms with E-state index in [0.717, 1.165) is 41.7 Å². The molecule has 19 heavy (non-hydrogen) atoms. The quantitative estimate of drug-likeness (QED) is 0.590. The Morgan fingerprint density at radius 3 is 2.63 bits per heavy atom. The normalized spacial score (nSPS) is 18.4. The molecule has 1 heterocycles. The van der Waals surface area contributed by atoms with E-state index in [1.54, 1.807) is 0 Å². The van der Waals surface area contributed by atoms with Gasteiger partial charge in [-0.2, -0.15) is 0 Å². The Kier molecular flexibility index (Phi) is 4.47. The molecule has 0 radical (unpaired) electrons. The first-order valence-corrected chi connectivity index (χ1v) is 7.35. The van der Waals surface area contributed by atoms with Gasteiger partial charge in [0.15, 0.2) is 0 Å². The molecule has 1 unspecified atom stereocenters. The number of aliphatic hydroxyl groups is 1. The maximum absolute atomic E-state index is 9.64. The Hall–Kier alpha value is -1.07. The van der Waals surface area contributed by atoms with E-state index in [1.807, 2.05) is 25.1 Å². The van der Waals surface area contributed by atoms with Gasteiger partial charge in [0.25, 0.3) is 0 Å². The highest BCUT2D eigenvalue weighted by Crippen LogP contribution is 2.30. The number of halogens is 1. The lowest BCUT2D eigenvalue weighted by Crippen LogP contribution is -2.38. The van der Waals surface area contributed by atoms with Crippen LogP contribution in [0.5, 0.6) is 0 Å². The fourth-order valence-corrected chi connectivity index (χ4v) is 2.97. The van der Waals surface area contributed by atoms with Crippen molar-refractivity contribution in [2.75, 3.05) is 18.0 Å². The summed E-state index contributed by atoms with van der Waals surface area (Å²) in [5.74, 6) is 0.476. The number of hydrogen-bond acceptors (Lipinski definition) is 3. The largest absolute Gasteiger partial charge is 0.393 e. The molecule has 2 rings (SSSR count). The Labute approximate surface area is 122 Å². The van der Waals surface area contributed by atoms with Crippen molar-refractivity contribution in [2.24, 2.45) is 11.7 Å². The predicted molar refractivity (Wildman–Crippen MR) is 81.8 cm³/mol. The van der Waals surface area contributed by atoms with E-state index in [-0.39, 0.29) is 11.9 Å². The van der Waals surface area contributed by atoms with Crippen LogP contribution in [0.2, 0.25) is 0 Å². The number of anilines is 1. The number of benzene rings is 1. The summed E-state index contributed by atoms with van der Waals surface area (Å²) in [6, 6.07) is 5.80. The topological polar surface area (TPSA) is 73.3 Å². The summed E-state index contributed by atoms with van der Waals surface area (Å²) in [7, 11) is 0. The zero-order chi connectivity index (χ0) is 14.0. The summed E-state index contributed by atoms with van der Waals surface area (Å²) in [6.45, 7) is 3.65. The second-order valence-electron chi connectivity index (χ2n) is 5.14. The SMILES string of the molecule is CC(O)C1CCN(c2cc(Br)ccc2C(=N)N)CC1. The monoisotopic (exact) mass is 325 g/mol. The summed E-state index contributed by atoms with van der Waals surface area (Å²) < 4.78 is 0.991. The van der Waals surface area contributed by atoms with Crippen molar-refractivity contribution in [3.63, 3.8) is 0 Å². The van der Waals surface area contributed by atoms with Gasteiger partial charge in [-0.05, 0) is 43.9 Å². The van der Waals surface area contributed by atoms with Crippen LogP contribution in [0.1, 0.15) is 25.3 Å². The van der Waals surface area contributed by atoms with Gasteiger partial charge in [-0.15, -0.1) is 0 Å². The van der Waals surface area contributed by atoms with E-state index >= 15 is 0 Å². The first-order chi connectivity index (χ1) is 8.99. The fraction of sp³-hybridized carbons (Fsp3) is 0.500. The predicted octanol–water partition coefficient (Wildman–Crippen LogP) is 2.33. The van der Waals surface area contributed by atoms with Crippen molar-refractivity contribution >= 4 is 27.5 Å². The second-order valence-corrected chi connectivity index (χ2v) is 6.06. The molecule has 5 heteroatoms. The number of nitrogens with two attached hydrogens (primary N) is 1. The maximum atomic E-state index is 9.64. The number of piperidine rings is 1. The number of rotatable bonds is 3. The van der Waals surface area contributed by atoms with E-state index in [4.69, 9.17) is 11.1 Å². The molecule has 1 aliphatic rings. The Balaban J connectivity index is 2.19. The van der Waals surface area contributed by atoms with Gasteiger partial charge in [0.2, 0.25) is 0 Å². The number of aliphatic hydroxyl groups excluding tert-OH is 1. The van der Waals surface area contributed by atoms with Crippen molar-refractivity contribution in [1.29, 1.82) is 5.41 Å². The van der Waals surface area contributed by atoms with Gasteiger partial charge in [0.05, 0.1) is 6.10 Å². The van der Waals surface area contributed by atoms with Crippen molar-refractivity contribution in [3.05, 3.63) is 28.2 Å². The molecule has 0 spiro atoms. The van der Waals surface area contributed by atoms with Crippen LogP contribution in [0.25, 0.3) is 0 Å². The minimum atomic E-state index is -0.239. The molecule has 0 aromatic heterocycles. The summed E-state index contributed by atoms with van der Waals surface area (Å²) in [5.41, 5.74) is 7.43. The van der Waals surface area contributed by atoms with Gasteiger partial charge in [0, 0.05) is 28.8 Å². The fourth-order valence-electron chi connectivity index (χ4n) is 2.62. The lowest BCUT2D eigenvalue weighted by molar-refractivity contribution is 0.110. The van der Waals surface area contributed by atoms with Gasteiger partial charge in [-0.3, -0.25) is 5.41 Å². The van der Waals surface area contributed by atoms with Crippen LogP contribution in [-0.4, -0.2) is 30.1 Å². The summed E-state index contributed by atoms with van der Waals surface area (Å²) >= 11 is 3.47. The molecule has 0 aliphatic carbocycles. The molecule has 0 bridgehead atoms. The van der Waals surface area contributed by atoms with Crippen LogP contribution < -0.4 is 10.6 Å². The average molecular weight is 326 g/mol. The Morgan fingerprint density at radius 1 is 1.47 bits per heavy atom. The lowest BCUT2D eigenvalue weighted by Gasteiger charge is -2.35. The number of nitrogens with one attached hydrogen (secondary N) is 1. The molecule has 0 amide bonds. The molecular formula is C14H20BrN3O. The summed E-state index contributed by atoms with van der Waals surface area (Å²) in [4.78, 5) is 2.25. The first-order valence-electron chi connectivity index (χ1n) is 6.56. The highest BCUT2D eigenvalue weighted by molar-refractivity contribution is 9.10. The molecule has 0 saturated carbocycles. The van der Waals surface area contributed by atoms with Crippen molar-refractivity contribution in [3.8, 4) is 0 Å². The van der Waals surface area contributed by atoms with Crippen molar-refractivity contribution in [1.82, 2.24) is 0 Å². The van der Waals surface area contributed by atoms with Gasteiger partial charge < -0.3 is 15.7 Å². The lowest BCUT2D eigenvalue weighted by atomic mass is 9.91. The third-order valence-electron chi connectivity index (χ3n) is 3.81. The van der Waals surface area contributed by atoms with Crippen molar-refractivity contribution < 1.29 is 5.11 Å². The Morgan fingerprint density at radius 2 is 2.11 bits per heavy atom. The summed E-state index contributed by atoms with van der Waals surface area (Å²) in [5, 5.41) is 17.3. The van der Waals surface area contributed by atoms with Crippen LogP contribution in [-0.2, 0) is 0 Å². The number of nitrogen functional groups attached to an aromatic ring is 1. The van der Waals surface area contributed by atoms with E-state index in [1.165, 1.54) is 0 Å². The van der Waals surface area contributed by atoms with E-state index in [0.29, 0.717) is 5.92 Å². The Bertz CT molecular complexity index is 468. The molecule has 1 atom stereocenters. The molecule has 1 aliphatic heterocycles. The third kappa shape index (κ3) is 3.28. The van der Waals surface area contributed by atoms with E-state index in [9.17, 15) is 5.11 Å². The highest BCUT2D eigenvalue weighted by Gasteiger charge is 2.24. The van der Waals surface area contributed by atoms with Crippen LogP contribution in [0, 0.1) is 11.3 Å². The molecule has 1 fully saturated rings. The van der Waals surface area contributed by atoms with Crippen molar-refractivity contribution in [2.45, 2.75) is 25.9 Å². The van der Waals surface area contributed by atoms with Gasteiger partial charge in [-0.25, -0.2) is 0 Å². The molecule has 1 aromatic rings. The average Bonchev–Trinajstić information content (AvgIpc) is 2.38. The highest BCUT2D eigenvalue weighted by atomic mass is 79.9. The van der Waals surface area contributed by atoms with Crippen LogP contribution in [0.4, 0.5) is 5.69 Å². The standard InChI is InChI=1S/C14H20BrN3O/c1-9(19)10-4-6-18(7-5-10)13-8-11(15)2-3-12(13)14(16)17/h2-3,8-10,19H,4-7H2,1H3,(H3,16,17). The zero-order valence-electron chi connectivity index (χ0n) is 11.1. The van der Waals surface area contributed by atoms with Crippen LogP contribution in [0.3, 0.4) is 0 Å². The minimum absolute atomic E-state index is 0.0974. The first kappa shape index (κ1) is 14.3. The zero-order valence-corrected chi connectivity index (χ0v) is 12.7. The third-order valence-corrected chi connectivity index (χ3v) is 4.31.